The average molecular weight is 274 g/mol. The van der Waals surface area contributed by atoms with Crippen LogP contribution < -0.4 is 5.56 Å². The number of aromatic amines is 1. The number of nitrogens with zero attached hydrogens (tertiary/aromatic N) is 1. The Morgan fingerprint density at radius 1 is 0.857 bits per heavy atom. The number of nitrogens with one attached hydrogen (secondary N) is 1. The fourth-order valence-corrected chi connectivity index (χ4v) is 2.12. The summed E-state index contributed by atoms with van der Waals surface area (Å²) in [4.78, 5) is 11.5. The summed E-state index contributed by atoms with van der Waals surface area (Å²) in [6.07, 6.45) is 3.89. The highest BCUT2D eigenvalue weighted by Gasteiger charge is 2.05. The third kappa shape index (κ3) is 3.15. The SMILES string of the molecule is O=c1cc(/C=C/c2ccccc2)c(-c2ccccc2)n[nH]1. The van der Waals surface area contributed by atoms with Crippen LogP contribution in [-0.4, -0.2) is 10.2 Å². The van der Waals surface area contributed by atoms with Gasteiger partial charge in [0.1, 0.15) is 0 Å². The van der Waals surface area contributed by atoms with Gasteiger partial charge in [-0.15, -0.1) is 0 Å². The van der Waals surface area contributed by atoms with Gasteiger partial charge in [-0.05, 0) is 5.56 Å². The molecule has 0 aliphatic carbocycles. The minimum Gasteiger partial charge on any atom is -0.268 e. The molecule has 3 aromatic rings. The number of hydrogen-bond acceptors (Lipinski definition) is 2. The molecule has 0 fully saturated rings. The summed E-state index contributed by atoms with van der Waals surface area (Å²) in [5.74, 6) is 0. The fraction of sp³-hybridized carbons (Fsp3) is 0. The van der Waals surface area contributed by atoms with E-state index < -0.39 is 0 Å². The van der Waals surface area contributed by atoms with Crippen LogP contribution in [-0.2, 0) is 0 Å². The molecule has 3 rings (SSSR count). The summed E-state index contributed by atoms with van der Waals surface area (Å²) in [7, 11) is 0. The van der Waals surface area contributed by atoms with Gasteiger partial charge in [-0.3, -0.25) is 4.79 Å². The molecular formula is C18H14N2O. The predicted molar refractivity (Wildman–Crippen MR) is 85.7 cm³/mol. The lowest BCUT2D eigenvalue weighted by Gasteiger charge is -2.04. The van der Waals surface area contributed by atoms with E-state index in [2.05, 4.69) is 10.2 Å². The van der Waals surface area contributed by atoms with E-state index in [0.29, 0.717) is 0 Å². The monoisotopic (exact) mass is 274 g/mol. The zero-order valence-electron chi connectivity index (χ0n) is 11.4. The smallest absolute Gasteiger partial charge is 0.264 e. The number of benzene rings is 2. The number of hydrogen-bond donors (Lipinski definition) is 1. The van der Waals surface area contributed by atoms with E-state index in [0.717, 1.165) is 22.4 Å². The van der Waals surface area contributed by atoms with Crippen molar-refractivity contribution < 1.29 is 0 Å². The lowest BCUT2D eigenvalue weighted by Crippen LogP contribution is -2.08. The molecular weight excluding hydrogens is 260 g/mol. The molecule has 0 atom stereocenters. The van der Waals surface area contributed by atoms with Crippen LogP contribution in [0.15, 0.2) is 71.5 Å². The van der Waals surface area contributed by atoms with Crippen molar-refractivity contribution in [3.63, 3.8) is 0 Å². The highest BCUT2D eigenvalue weighted by Crippen LogP contribution is 2.21. The molecule has 102 valence electrons. The van der Waals surface area contributed by atoms with Crippen LogP contribution in [0.5, 0.6) is 0 Å². The minimum atomic E-state index is -0.206. The maximum atomic E-state index is 11.5. The van der Waals surface area contributed by atoms with E-state index >= 15 is 0 Å². The summed E-state index contributed by atoms with van der Waals surface area (Å²) >= 11 is 0. The Kier molecular flexibility index (Phi) is 3.74. The van der Waals surface area contributed by atoms with E-state index in [4.69, 9.17) is 0 Å². The van der Waals surface area contributed by atoms with Gasteiger partial charge in [0.05, 0.1) is 5.69 Å². The van der Waals surface area contributed by atoms with Crippen molar-refractivity contribution in [1.82, 2.24) is 10.2 Å². The molecule has 3 heteroatoms. The van der Waals surface area contributed by atoms with E-state index in [1.807, 2.05) is 72.8 Å². The molecule has 1 N–H and O–H groups in total. The zero-order chi connectivity index (χ0) is 14.5. The molecule has 0 spiro atoms. The molecule has 1 aromatic heterocycles. The van der Waals surface area contributed by atoms with Crippen LogP contribution in [0, 0.1) is 0 Å². The van der Waals surface area contributed by atoms with Gasteiger partial charge < -0.3 is 0 Å². The van der Waals surface area contributed by atoms with Crippen molar-refractivity contribution in [3.8, 4) is 11.3 Å². The van der Waals surface area contributed by atoms with Crippen LogP contribution in [0.2, 0.25) is 0 Å². The number of rotatable bonds is 3. The van der Waals surface area contributed by atoms with E-state index in [9.17, 15) is 4.79 Å². The van der Waals surface area contributed by atoms with E-state index in [-0.39, 0.29) is 5.56 Å². The normalized spacial score (nSPS) is 10.9. The van der Waals surface area contributed by atoms with Crippen molar-refractivity contribution in [1.29, 1.82) is 0 Å². The van der Waals surface area contributed by atoms with Crippen LogP contribution in [0.1, 0.15) is 11.1 Å². The quantitative estimate of drug-likeness (QED) is 0.793. The molecule has 0 amide bonds. The van der Waals surface area contributed by atoms with Crippen molar-refractivity contribution in [3.05, 3.63) is 88.2 Å². The summed E-state index contributed by atoms with van der Waals surface area (Å²) < 4.78 is 0. The lowest BCUT2D eigenvalue weighted by atomic mass is 10.1. The van der Waals surface area contributed by atoms with Gasteiger partial charge in [0, 0.05) is 17.2 Å². The van der Waals surface area contributed by atoms with Crippen molar-refractivity contribution in [2.45, 2.75) is 0 Å². The number of aromatic nitrogens is 2. The maximum Gasteiger partial charge on any atom is 0.264 e. The van der Waals surface area contributed by atoms with Gasteiger partial charge in [0.2, 0.25) is 0 Å². The fourth-order valence-electron chi connectivity index (χ4n) is 2.12. The average Bonchev–Trinajstić information content (AvgIpc) is 2.55. The van der Waals surface area contributed by atoms with Gasteiger partial charge in [-0.2, -0.15) is 5.10 Å². The van der Waals surface area contributed by atoms with Gasteiger partial charge in [-0.25, -0.2) is 5.10 Å². The van der Waals surface area contributed by atoms with Crippen LogP contribution in [0.4, 0.5) is 0 Å². The summed E-state index contributed by atoms with van der Waals surface area (Å²) in [5.41, 5.74) is 3.41. The van der Waals surface area contributed by atoms with Crippen molar-refractivity contribution >= 4 is 12.2 Å². The zero-order valence-corrected chi connectivity index (χ0v) is 11.4. The van der Waals surface area contributed by atoms with Crippen molar-refractivity contribution in [2.75, 3.05) is 0 Å². The molecule has 0 saturated carbocycles. The maximum absolute atomic E-state index is 11.5. The van der Waals surface area contributed by atoms with Gasteiger partial charge in [-0.1, -0.05) is 72.8 Å². The van der Waals surface area contributed by atoms with Gasteiger partial charge >= 0.3 is 0 Å². The van der Waals surface area contributed by atoms with E-state index in [1.54, 1.807) is 6.07 Å². The van der Waals surface area contributed by atoms with Crippen molar-refractivity contribution in [2.24, 2.45) is 0 Å². The highest BCUT2D eigenvalue weighted by atomic mass is 16.1. The Bertz CT molecular complexity index is 805. The first-order valence-electron chi connectivity index (χ1n) is 6.71. The Morgan fingerprint density at radius 2 is 1.52 bits per heavy atom. The van der Waals surface area contributed by atoms with Crippen LogP contribution in [0.3, 0.4) is 0 Å². The first-order chi connectivity index (χ1) is 10.3. The third-order valence-corrected chi connectivity index (χ3v) is 3.14. The second-order valence-electron chi connectivity index (χ2n) is 4.65. The summed E-state index contributed by atoms with van der Waals surface area (Å²) in [6, 6.07) is 21.3. The molecule has 21 heavy (non-hydrogen) atoms. The molecule has 0 saturated heterocycles. The summed E-state index contributed by atoms with van der Waals surface area (Å²) in [6.45, 7) is 0. The van der Waals surface area contributed by atoms with Crippen LogP contribution >= 0.6 is 0 Å². The van der Waals surface area contributed by atoms with E-state index in [1.165, 1.54) is 0 Å². The Hall–Kier alpha value is -2.94. The molecule has 0 aliphatic heterocycles. The molecule has 2 aromatic carbocycles. The standard InChI is InChI=1S/C18H14N2O/c21-17-13-16(12-11-14-7-3-1-4-8-14)18(20-19-17)15-9-5-2-6-10-15/h1-13H,(H,19,21)/b12-11+. The Morgan fingerprint density at radius 3 is 2.24 bits per heavy atom. The second-order valence-corrected chi connectivity index (χ2v) is 4.65. The highest BCUT2D eigenvalue weighted by molar-refractivity contribution is 5.78. The summed E-state index contributed by atoms with van der Waals surface area (Å²) in [5, 5.41) is 6.67. The van der Waals surface area contributed by atoms with Gasteiger partial charge in [0.15, 0.2) is 0 Å². The third-order valence-electron chi connectivity index (χ3n) is 3.14. The molecule has 0 unspecified atom stereocenters. The Balaban J connectivity index is 2.04. The predicted octanol–water partition coefficient (Wildman–Crippen LogP) is 3.61. The van der Waals surface area contributed by atoms with Gasteiger partial charge in [0.25, 0.3) is 5.56 Å². The first-order valence-corrected chi connectivity index (χ1v) is 6.71. The lowest BCUT2D eigenvalue weighted by molar-refractivity contribution is 0.992. The minimum absolute atomic E-state index is 0.206. The molecule has 1 heterocycles. The molecule has 3 nitrogen and oxygen atoms in total. The molecule has 0 radical (unpaired) electrons. The first kappa shape index (κ1) is 13.1. The van der Waals surface area contributed by atoms with Crippen LogP contribution in [0.25, 0.3) is 23.4 Å². The second kappa shape index (κ2) is 6.01. The topological polar surface area (TPSA) is 45.8 Å². The Labute approximate surface area is 122 Å². The largest absolute Gasteiger partial charge is 0.268 e. The molecule has 0 aliphatic rings. The number of H-pyrrole nitrogens is 1. The molecule has 0 bridgehead atoms.